The second kappa shape index (κ2) is 5.33. The van der Waals surface area contributed by atoms with Crippen LogP contribution >= 0.6 is 11.6 Å². The predicted octanol–water partition coefficient (Wildman–Crippen LogP) is 2.06. The van der Waals surface area contributed by atoms with E-state index in [-0.39, 0.29) is 4.90 Å². The zero-order chi connectivity index (χ0) is 16.8. The van der Waals surface area contributed by atoms with Crippen LogP contribution in [0.4, 0.5) is 0 Å². The summed E-state index contributed by atoms with van der Waals surface area (Å²) in [5, 5.41) is 8.64. The summed E-state index contributed by atoms with van der Waals surface area (Å²) >= 11 is 5.93. The zero-order valence-electron chi connectivity index (χ0n) is 11.9. The van der Waals surface area contributed by atoms with Crippen LogP contribution in [0.15, 0.2) is 59.5 Å². The summed E-state index contributed by atoms with van der Waals surface area (Å²) in [5.74, 6) is -2.18. The lowest BCUT2D eigenvalue weighted by Crippen LogP contribution is -2.39. The Morgan fingerprint density at radius 1 is 1.13 bits per heavy atom. The molecule has 0 bridgehead atoms. The lowest BCUT2D eigenvalue weighted by molar-refractivity contribution is -0.139. The normalized spacial score (nSPS) is 26.7. The number of aliphatic carboxylic acids is 1. The van der Waals surface area contributed by atoms with E-state index in [9.17, 15) is 18.3 Å². The third-order valence-electron chi connectivity index (χ3n) is 4.16. The Bertz CT molecular complexity index is 869. The monoisotopic (exact) mass is 351 g/mol. The predicted molar refractivity (Wildman–Crippen MR) is 86.2 cm³/mol. The second-order valence-corrected chi connectivity index (χ2v) is 8.06. The van der Waals surface area contributed by atoms with Crippen molar-refractivity contribution in [1.29, 1.82) is 0 Å². The Kier molecular flexibility index (Phi) is 3.71. The molecule has 0 heterocycles. The first-order chi connectivity index (χ1) is 10.8. The smallest absolute Gasteiger partial charge is 0.325 e. The van der Waals surface area contributed by atoms with Crippen LogP contribution in [-0.4, -0.2) is 30.3 Å². The Balaban J connectivity index is 2.09. The maximum Gasteiger partial charge on any atom is 0.325 e. The van der Waals surface area contributed by atoms with E-state index >= 15 is 0 Å². The van der Waals surface area contributed by atoms with Crippen molar-refractivity contribution in [2.24, 2.45) is 5.73 Å². The van der Waals surface area contributed by atoms with Crippen molar-refractivity contribution in [3.63, 3.8) is 0 Å². The molecule has 0 amide bonds. The van der Waals surface area contributed by atoms with Gasteiger partial charge in [-0.25, -0.2) is 8.42 Å². The fourth-order valence-corrected chi connectivity index (χ4v) is 5.42. The van der Waals surface area contributed by atoms with Gasteiger partial charge in [-0.2, -0.15) is 0 Å². The SMILES string of the molecule is N[C@]1(C(=O)O)[C@@H](c2cccc(Cl)c2)[C@@H]1S(=O)(=O)c1ccccc1. The Hall–Kier alpha value is -1.89. The van der Waals surface area contributed by atoms with Crippen LogP contribution in [-0.2, 0) is 14.6 Å². The molecule has 1 aliphatic rings. The summed E-state index contributed by atoms with van der Waals surface area (Å²) in [4.78, 5) is 11.7. The summed E-state index contributed by atoms with van der Waals surface area (Å²) in [5.41, 5.74) is 4.61. The van der Waals surface area contributed by atoms with E-state index in [2.05, 4.69) is 0 Å². The van der Waals surface area contributed by atoms with Crippen LogP contribution < -0.4 is 5.73 Å². The molecular formula is C16H14ClNO4S. The van der Waals surface area contributed by atoms with Crippen LogP contribution in [0.3, 0.4) is 0 Å². The highest BCUT2D eigenvalue weighted by atomic mass is 35.5. The number of carbonyl (C=O) groups is 1. The Labute approximate surface area is 138 Å². The number of hydrogen-bond donors (Lipinski definition) is 2. The van der Waals surface area contributed by atoms with Crippen LogP contribution in [0.25, 0.3) is 0 Å². The minimum atomic E-state index is -3.88. The first kappa shape index (κ1) is 16.0. The molecule has 120 valence electrons. The average Bonchev–Trinajstić information content (AvgIpc) is 3.17. The number of carboxylic acid groups (broad SMARTS) is 1. The molecule has 1 fully saturated rings. The van der Waals surface area contributed by atoms with Crippen LogP contribution in [0.1, 0.15) is 11.5 Å². The molecule has 0 radical (unpaired) electrons. The molecule has 23 heavy (non-hydrogen) atoms. The number of carboxylic acids is 1. The van der Waals surface area contributed by atoms with Gasteiger partial charge in [0.15, 0.2) is 9.84 Å². The highest BCUT2D eigenvalue weighted by Crippen LogP contribution is 2.56. The summed E-state index contributed by atoms with van der Waals surface area (Å²) in [6, 6.07) is 14.2. The van der Waals surface area contributed by atoms with Crippen molar-refractivity contribution >= 4 is 27.4 Å². The van der Waals surface area contributed by atoms with Gasteiger partial charge >= 0.3 is 5.97 Å². The van der Waals surface area contributed by atoms with Crippen molar-refractivity contribution in [2.45, 2.75) is 21.6 Å². The number of benzene rings is 2. The number of nitrogens with two attached hydrogens (primary N) is 1. The maximum atomic E-state index is 12.8. The molecule has 3 N–H and O–H groups in total. The Morgan fingerprint density at radius 2 is 1.78 bits per heavy atom. The van der Waals surface area contributed by atoms with Crippen LogP contribution in [0, 0.1) is 0 Å². The number of rotatable bonds is 4. The second-order valence-electron chi connectivity index (χ2n) is 5.55. The minimum absolute atomic E-state index is 0.0607. The number of sulfone groups is 1. The van der Waals surface area contributed by atoms with E-state index in [1.54, 1.807) is 42.5 Å². The molecule has 0 aliphatic heterocycles. The first-order valence-corrected chi connectivity index (χ1v) is 8.78. The fourth-order valence-electron chi connectivity index (χ4n) is 2.97. The van der Waals surface area contributed by atoms with E-state index in [0.717, 1.165) is 0 Å². The van der Waals surface area contributed by atoms with E-state index in [1.807, 2.05) is 0 Å². The van der Waals surface area contributed by atoms with Gasteiger partial charge in [0.25, 0.3) is 0 Å². The van der Waals surface area contributed by atoms with Gasteiger partial charge < -0.3 is 10.8 Å². The fraction of sp³-hybridized carbons (Fsp3) is 0.188. The van der Waals surface area contributed by atoms with E-state index in [0.29, 0.717) is 10.6 Å². The van der Waals surface area contributed by atoms with Crippen molar-refractivity contribution < 1.29 is 18.3 Å². The summed E-state index contributed by atoms with van der Waals surface area (Å²) in [6.07, 6.45) is 0. The first-order valence-electron chi connectivity index (χ1n) is 6.86. The van der Waals surface area contributed by atoms with Crippen LogP contribution in [0.2, 0.25) is 5.02 Å². The molecule has 3 atom stereocenters. The molecule has 1 aliphatic carbocycles. The molecule has 0 spiro atoms. The molecule has 1 saturated carbocycles. The van der Waals surface area contributed by atoms with Crippen molar-refractivity contribution in [1.82, 2.24) is 0 Å². The van der Waals surface area contributed by atoms with Gasteiger partial charge in [0.2, 0.25) is 0 Å². The number of hydrogen-bond acceptors (Lipinski definition) is 4. The van der Waals surface area contributed by atoms with E-state index < -0.39 is 32.5 Å². The molecule has 7 heteroatoms. The summed E-state index contributed by atoms with van der Waals surface area (Å²) in [7, 11) is -3.88. The lowest BCUT2D eigenvalue weighted by atomic mass is 10.1. The molecule has 0 aromatic heterocycles. The molecular weight excluding hydrogens is 338 g/mol. The van der Waals surface area contributed by atoms with Crippen molar-refractivity contribution in [3.05, 3.63) is 65.2 Å². The molecule has 5 nitrogen and oxygen atoms in total. The van der Waals surface area contributed by atoms with Gasteiger partial charge in [-0.15, -0.1) is 0 Å². The van der Waals surface area contributed by atoms with Crippen LogP contribution in [0.5, 0.6) is 0 Å². The molecule has 2 aromatic carbocycles. The van der Waals surface area contributed by atoms with Crippen molar-refractivity contribution in [2.75, 3.05) is 0 Å². The van der Waals surface area contributed by atoms with E-state index in [4.69, 9.17) is 17.3 Å². The highest BCUT2D eigenvalue weighted by molar-refractivity contribution is 7.92. The molecule has 0 saturated heterocycles. The summed E-state index contributed by atoms with van der Waals surface area (Å²) < 4.78 is 25.6. The van der Waals surface area contributed by atoms with Gasteiger partial charge in [-0.05, 0) is 29.8 Å². The van der Waals surface area contributed by atoms with Gasteiger partial charge in [-0.1, -0.05) is 41.9 Å². The summed E-state index contributed by atoms with van der Waals surface area (Å²) in [6.45, 7) is 0. The minimum Gasteiger partial charge on any atom is -0.480 e. The van der Waals surface area contributed by atoms with Gasteiger partial charge in [0.1, 0.15) is 10.8 Å². The Morgan fingerprint density at radius 3 is 2.35 bits per heavy atom. The topological polar surface area (TPSA) is 97.5 Å². The van der Waals surface area contributed by atoms with Gasteiger partial charge in [0, 0.05) is 10.9 Å². The van der Waals surface area contributed by atoms with E-state index in [1.165, 1.54) is 12.1 Å². The van der Waals surface area contributed by atoms with Crippen molar-refractivity contribution in [3.8, 4) is 0 Å². The third-order valence-corrected chi connectivity index (χ3v) is 6.66. The maximum absolute atomic E-state index is 12.8. The largest absolute Gasteiger partial charge is 0.480 e. The third kappa shape index (κ3) is 2.43. The molecule has 3 rings (SSSR count). The van der Waals surface area contributed by atoms with Gasteiger partial charge in [0.05, 0.1) is 4.90 Å². The molecule has 0 unspecified atom stereocenters. The quantitative estimate of drug-likeness (QED) is 0.878. The average molecular weight is 352 g/mol. The molecule has 2 aromatic rings. The standard InChI is InChI=1S/C16H14ClNO4S/c17-11-6-4-5-10(9-11)13-14(16(13,18)15(19)20)23(21,22)12-7-2-1-3-8-12/h1-9,13-14H,18H2,(H,19,20)/t13-,14-,16+/m0/s1. The highest BCUT2D eigenvalue weighted by Gasteiger charge is 2.74. The zero-order valence-corrected chi connectivity index (χ0v) is 13.5. The van der Waals surface area contributed by atoms with Gasteiger partial charge in [-0.3, -0.25) is 4.79 Å². The lowest BCUT2D eigenvalue weighted by Gasteiger charge is -2.06. The number of halogens is 1.